The van der Waals surface area contributed by atoms with E-state index in [1.807, 2.05) is 0 Å². The first-order chi connectivity index (χ1) is 17.5. The van der Waals surface area contributed by atoms with Gasteiger partial charge in [-0.1, -0.05) is 23.2 Å². The SMILES string of the molecule is COC(=O)c1nc(-c2cc(F)ccc2Cl)cnc1N.Nc1ncc(-c2cc(F)ccc2Cl)nc1C(=O)O. The van der Waals surface area contributed by atoms with Gasteiger partial charge in [-0.15, -0.1) is 0 Å². The molecule has 0 atom stereocenters. The minimum atomic E-state index is -1.31. The Kier molecular flexibility index (Phi) is 8.48. The van der Waals surface area contributed by atoms with E-state index in [2.05, 4.69) is 24.7 Å². The normalized spacial score (nSPS) is 10.3. The summed E-state index contributed by atoms with van der Waals surface area (Å²) in [4.78, 5) is 37.7. The van der Waals surface area contributed by atoms with E-state index in [0.717, 1.165) is 6.07 Å². The van der Waals surface area contributed by atoms with Crippen LogP contribution in [0.2, 0.25) is 10.0 Å². The van der Waals surface area contributed by atoms with Gasteiger partial charge in [0.1, 0.15) is 11.6 Å². The highest BCUT2D eigenvalue weighted by Gasteiger charge is 2.17. The van der Waals surface area contributed by atoms with Crippen LogP contribution >= 0.6 is 23.2 Å². The van der Waals surface area contributed by atoms with Crippen molar-refractivity contribution in [2.45, 2.75) is 0 Å². The predicted octanol–water partition coefficient (Wildman–Crippen LogP) is 4.52. The quantitative estimate of drug-likeness (QED) is 0.308. The number of nitrogen functional groups attached to an aromatic ring is 2. The van der Waals surface area contributed by atoms with E-state index in [-0.39, 0.29) is 44.3 Å². The molecular weight excluding hydrogens is 533 g/mol. The topological polar surface area (TPSA) is 167 Å². The highest BCUT2D eigenvalue weighted by atomic mass is 35.5. The summed E-state index contributed by atoms with van der Waals surface area (Å²) in [6.07, 6.45) is 2.55. The molecule has 0 unspecified atom stereocenters. The molecule has 0 spiro atoms. The molecule has 0 fully saturated rings. The fourth-order valence-corrected chi connectivity index (χ4v) is 3.28. The molecule has 2 aromatic heterocycles. The Balaban J connectivity index is 0.000000206. The smallest absolute Gasteiger partial charge is 0.360 e. The number of benzene rings is 2. The largest absolute Gasteiger partial charge is 0.476 e. The Morgan fingerprint density at radius 2 is 1.27 bits per heavy atom. The summed E-state index contributed by atoms with van der Waals surface area (Å²) in [6.45, 7) is 0. The molecule has 0 saturated heterocycles. The lowest BCUT2D eigenvalue weighted by Crippen LogP contribution is -2.10. The number of rotatable bonds is 4. The lowest BCUT2D eigenvalue weighted by molar-refractivity contribution is 0.0594. The zero-order valence-electron chi connectivity index (χ0n) is 18.7. The average molecular weight is 549 g/mol. The number of carbonyl (C=O) groups excluding carboxylic acids is 1. The summed E-state index contributed by atoms with van der Waals surface area (Å²) >= 11 is 11.8. The molecule has 190 valence electrons. The van der Waals surface area contributed by atoms with Crippen molar-refractivity contribution in [1.29, 1.82) is 0 Å². The summed E-state index contributed by atoms with van der Waals surface area (Å²) in [5.41, 5.74) is 11.3. The molecule has 0 aliphatic rings. The molecule has 37 heavy (non-hydrogen) atoms. The zero-order chi connectivity index (χ0) is 27.3. The number of hydrogen-bond acceptors (Lipinski definition) is 9. The Labute approximate surface area is 217 Å². The molecule has 2 aromatic carbocycles. The number of carbonyl (C=O) groups is 2. The van der Waals surface area contributed by atoms with Gasteiger partial charge in [-0.2, -0.15) is 0 Å². The average Bonchev–Trinajstić information content (AvgIpc) is 2.87. The number of carboxylic acid groups (broad SMARTS) is 1. The van der Waals surface area contributed by atoms with E-state index in [1.54, 1.807) is 0 Å². The number of halogens is 4. The van der Waals surface area contributed by atoms with E-state index in [9.17, 15) is 18.4 Å². The molecule has 10 nitrogen and oxygen atoms in total. The van der Waals surface area contributed by atoms with Crippen molar-refractivity contribution in [3.8, 4) is 22.5 Å². The van der Waals surface area contributed by atoms with E-state index in [0.29, 0.717) is 5.56 Å². The van der Waals surface area contributed by atoms with Crippen LogP contribution in [0, 0.1) is 11.6 Å². The number of aromatic nitrogens is 4. The van der Waals surface area contributed by atoms with Gasteiger partial charge in [0.15, 0.2) is 23.0 Å². The van der Waals surface area contributed by atoms with Crippen molar-refractivity contribution in [1.82, 2.24) is 19.9 Å². The zero-order valence-corrected chi connectivity index (χ0v) is 20.3. The van der Waals surface area contributed by atoms with Gasteiger partial charge in [0.2, 0.25) is 0 Å². The maximum absolute atomic E-state index is 13.2. The molecule has 4 rings (SSSR count). The van der Waals surface area contributed by atoms with Crippen molar-refractivity contribution in [3.05, 3.63) is 81.9 Å². The molecule has 4 aromatic rings. The van der Waals surface area contributed by atoms with Gasteiger partial charge in [-0.05, 0) is 36.4 Å². The van der Waals surface area contributed by atoms with Gasteiger partial charge in [-0.25, -0.2) is 38.3 Å². The van der Waals surface area contributed by atoms with Crippen LogP contribution in [0.15, 0.2) is 48.8 Å². The highest BCUT2D eigenvalue weighted by Crippen LogP contribution is 2.28. The Morgan fingerprint density at radius 3 is 1.70 bits per heavy atom. The van der Waals surface area contributed by atoms with Gasteiger partial charge < -0.3 is 21.3 Å². The van der Waals surface area contributed by atoms with E-state index < -0.39 is 29.3 Å². The van der Waals surface area contributed by atoms with Crippen LogP contribution in [0.3, 0.4) is 0 Å². The number of aromatic carboxylic acids is 1. The molecule has 0 saturated carbocycles. The van der Waals surface area contributed by atoms with Crippen molar-refractivity contribution in [2.24, 2.45) is 0 Å². The molecule has 0 aliphatic heterocycles. The Hall–Kier alpha value is -4.42. The van der Waals surface area contributed by atoms with Crippen LogP contribution in [-0.2, 0) is 4.74 Å². The van der Waals surface area contributed by atoms with Crippen molar-refractivity contribution >= 4 is 46.8 Å². The molecule has 0 aliphatic carbocycles. The molecule has 0 amide bonds. The first-order valence-electron chi connectivity index (χ1n) is 9.99. The van der Waals surface area contributed by atoms with E-state index in [4.69, 9.17) is 39.8 Å². The molecular formula is C23H16Cl2F2N6O4. The van der Waals surface area contributed by atoms with Crippen LogP contribution in [0.25, 0.3) is 22.5 Å². The van der Waals surface area contributed by atoms with E-state index in [1.165, 1.54) is 49.8 Å². The fraction of sp³-hybridized carbons (Fsp3) is 0.0435. The van der Waals surface area contributed by atoms with Gasteiger partial charge >= 0.3 is 11.9 Å². The molecule has 0 bridgehead atoms. The first kappa shape index (κ1) is 27.2. The standard InChI is InChI=1S/C12H9ClFN3O2.C11H7ClFN3O2/c1-19-12(18)10-11(15)16-5-9(17-10)7-4-6(14)2-3-8(7)13;12-7-2-1-5(13)3-6(7)8-4-15-10(14)9(16-8)11(17)18/h2-5H,1H3,(H2,15,16);1-4H,(H2,14,15)(H,17,18). The number of hydrogen-bond donors (Lipinski definition) is 3. The van der Waals surface area contributed by atoms with Crippen LogP contribution in [0.4, 0.5) is 20.4 Å². The lowest BCUT2D eigenvalue weighted by Gasteiger charge is -2.07. The van der Waals surface area contributed by atoms with E-state index >= 15 is 0 Å². The van der Waals surface area contributed by atoms with Gasteiger partial charge in [0, 0.05) is 11.1 Å². The fourth-order valence-electron chi connectivity index (χ4n) is 2.85. The summed E-state index contributed by atoms with van der Waals surface area (Å²) in [5, 5.41) is 9.40. The molecule has 0 radical (unpaired) electrons. The maximum Gasteiger partial charge on any atom is 0.360 e. The van der Waals surface area contributed by atoms with Crippen molar-refractivity contribution in [3.63, 3.8) is 0 Å². The first-order valence-corrected chi connectivity index (χ1v) is 10.7. The van der Waals surface area contributed by atoms with Gasteiger partial charge in [0.05, 0.1) is 40.9 Å². The third-order valence-electron chi connectivity index (χ3n) is 4.59. The van der Waals surface area contributed by atoms with Crippen molar-refractivity contribution in [2.75, 3.05) is 18.6 Å². The maximum atomic E-state index is 13.2. The third-order valence-corrected chi connectivity index (χ3v) is 5.25. The van der Waals surface area contributed by atoms with Crippen molar-refractivity contribution < 1.29 is 28.2 Å². The Morgan fingerprint density at radius 1 is 0.838 bits per heavy atom. The number of methoxy groups -OCH3 is 1. The lowest BCUT2D eigenvalue weighted by atomic mass is 10.1. The highest BCUT2D eigenvalue weighted by molar-refractivity contribution is 6.33. The molecule has 5 N–H and O–H groups in total. The third kappa shape index (κ3) is 6.42. The minimum Gasteiger partial charge on any atom is -0.476 e. The number of ether oxygens (including phenoxy) is 1. The Bertz CT molecular complexity index is 1510. The monoisotopic (exact) mass is 548 g/mol. The molecule has 2 heterocycles. The number of esters is 1. The summed E-state index contributed by atoms with van der Waals surface area (Å²) < 4.78 is 30.9. The number of anilines is 2. The second kappa shape index (κ2) is 11.5. The summed E-state index contributed by atoms with van der Waals surface area (Å²) in [6, 6.07) is 7.50. The van der Waals surface area contributed by atoms with Crippen LogP contribution in [0.1, 0.15) is 21.0 Å². The summed E-state index contributed by atoms with van der Waals surface area (Å²) in [5.74, 6) is -3.29. The van der Waals surface area contributed by atoms with Gasteiger partial charge in [-0.3, -0.25) is 0 Å². The number of nitrogens with zero attached hydrogens (tertiary/aromatic N) is 4. The predicted molar refractivity (Wildman–Crippen MR) is 132 cm³/mol. The van der Waals surface area contributed by atoms with Gasteiger partial charge in [0.25, 0.3) is 0 Å². The summed E-state index contributed by atoms with van der Waals surface area (Å²) in [7, 11) is 1.20. The van der Waals surface area contributed by atoms with Crippen LogP contribution < -0.4 is 11.5 Å². The second-order valence-electron chi connectivity index (χ2n) is 7.02. The molecule has 14 heteroatoms. The number of nitrogens with two attached hydrogens (primary N) is 2. The van der Waals surface area contributed by atoms with Crippen LogP contribution in [-0.4, -0.2) is 44.1 Å². The van der Waals surface area contributed by atoms with Crippen LogP contribution in [0.5, 0.6) is 0 Å². The number of carboxylic acids is 1. The minimum absolute atomic E-state index is 0.0666. The second-order valence-corrected chi connectivity index (χ2v) is 7.84.